The number of benzene rings is 1. The Bertz CT molecular complexity index is 879. The largest absolute Gasteiger partial charge is 0.468 e. The molecule has 1 aliphatic heterocycles. The van der Waals surface area contributed by atoms with Crippen molar-refractivity contribution < 1.29 is 19.1 Å². The third kappa shape index (κ3) is 3.97. The van der Waals surface area contributed by atoms with Crippen LogP contribution in [0.5, 0.6) is 0 Å². The van der Waals surface area contributed by atoms with Crippen molar-refractivity contribution in [3.05, 3.63) is 47.2 Å². The zero-order chi connectivity index (χ0) is 19.4. The highest BCUT2D eigenvalue weighted by molar-refractivity contribution is 7.99. The molecule has 2 heterocycles. The maximum Gasteiger partial charge on any atom is 0.338 e. The molecule has 0 spiro atoms. The van der Waals surface area contributed by atoms with Gasteiger partial charge in [0.05, 0.1) is 25.0 Å². The lowest BCUT2D eigenvalue weighted by atomic mass is 9.96. The monoisotopic (exact) mass is 388 g/mol. The lowest BCUT2D eigenvalue weighted by Gasteiger charge is -2.28. The van der Waals surface area contributed by atoms with Gasteiger partial charge in [-0.25, -0.2) is 9.48 Å². The van der Waals surface area contributed by atoms with Gasteiger partial charge in [-0.05, 0) is 19.4 Å². The van der Waals surface area contributed by atoms with Crippen LogP contribution in [0.25, 0.3) is 0 Å². The van der Waals surface area contributed by atoms with E-state index in [1.165, 1.54) is 18.9 Å². The molecule has 1 aliphatic rings. The summed E-state index contributed by atoms with van der Waals surface area (Å²) in [7, 11) is 1.33. The van der Waals surface area contributed by atoms with E-state index in [2.05, 4.69) is 20.1 Å². The first-order valence-corrected chi connectivity index (χ1v) is 9.39. The van der Waals surface area contributed by atoms with E-state index in [0.29, 0.717) is 22.4 Å². The smallest absolute Gasteiger partial charge is 0.338 e. The Balaban J connectivity index is 2.01. The zero-order valence-corrected chi connectivity index (χ0v) is 16.1. The number of anilines is 1. The maximum absolute atomic E-state index is 12.6. The molecule has 2 aromatic rings. The Morgan fingerprint density at radius 1 is 1.30 bits per heavy atom. The molecule has 0 radical (unpaired) electrons. The van der Waals surface area contributed by atoms with E-state index in [1.54, 1.807) is 11.6 Å². The van der Waals surface area contributed by atoms with Crippen molar-refractivity contribution in [1.82, 2.24) is 14.8 Å². The molecule has 0 unspecified atom stereocenters. The van der Waals surface area contributed by atoms with E-state index in [4.69, 9.17) is 4.74 Å². The van der Waals surface area contributed by atoms with E-state index in [0.717, 1.165) is 5.56 Å². The summed E-state index contributed by atoms with van der Waals surface area (Å²) >= 11 is 1.17. The van der Waals surface area contributed by atoms with Gasteiger partial charge in [0, 0.05) is 5.70 Å². The van der Waals surface area contributed by atoms with Gasteiger partial charge in [-0.3, -0.25) is 4.79 Å². The van der Waals surface area contributed by atoms with Crippen LogP contribution >= 0.6 is 11.8 Å². The van der Waals surface area contributed by atoms with Crippen LogP contribution in [0.2, 0.25) is 0 Å². The number of fused-ring (bicyclic) bond motifs is 1. The molecule has 1 aromatic carbocycles. The summed E-state index contributed by atoms with van der Waals surface area (Å²) in [6.07, 6.45) is 0. The van der Waals surface area contributed by atoms with Gasteiger partial charge < -0.3 is 14.8 Å². The SMILES string of the molecule is CCOC(=O)C1=C(C)Nc2nc(SCC(=O)OC)nn2[C@H]1c1ccccc1. The lowest BCUT2D eigenvalue weighted by Crippen LogP contribution is -2.29. The highest BCUT2D eigenvalue weighted by Gasteiger charge is 2.35. The molecule has 1 aromatic heterocycles. The van der Waals surface area contributed by atoms with Gasteiger partial charge in [0.15, 0.2) is 0 Å². The Labute approximate surface area is 160 Å². The van der Waals surface area contributed by atoms with E-state index in [1.807, 2.05) is 37.3 Å². The number of carbonyl (C=O) groups is 2. The summed E-state index contributed by atoms with van der Waals surface area (Å²) in [6, 6.07) is 9.09. The number of nitrogens with zero attached hydrogens (tertiary/aromatic N) is 3. The molecule has 3 rings (SSSR count). The molecule has 0 saturated heterocycles. The summed E-state index contributed by atoms with van der Waals surface area (Å²) in [5, 5.41) is 8.03. The highest BCUT2D eigenvalue weighted by Crippen LogP contribution is 2.36. The molecule has 9 heteroatoms. The van der Waals surface area contributed by atoms with Crippen molar-refractivity contribution in [2.24, 2.45) is 0 Å². The van der Waals surface area contributed by atoms with Crippen molar-refractivity contribution >= 4 is 29.6 Å². The Kier molecular flexibility index (Phi) is 5.80. The molecule has 0 fully saturated rings. The fourth-order valence-electron chi connectivity index (χ4n) is 2.79. The maximum atomic E-state index is 12.6. The fourth-order valence-corrected chi connectivity index (χ4v) is 3.45. The second-order valence-electron chi connectivity index (χ2n) is 5.72. The minimum absolute atomic E-state index is 0.104. The van der Waals surface area contributed by atoms with Gasteiger partial charge in [-0.1, -0.05) is 42.1 Å². The van der Waals surface area contributed by atoms with Crippen molar-refractivity contribution in [2.45, 2.75) is 25.0 Å². The van der Waals surface area contributed by atoms with Gasteiger partial charge in [0.25, 0.3) is 0 Å². The van der Waals surface area contributed by atoms with Gasteiger partial charge in [0.1, 0.15) is 6.04 Å². The molecule has 142 valence electrons. The number of methoxy groups -OCH3 is 1. The standard InChI is InChI=1S/C18H20N4O4S/c1-4-26-16(24)14-11(2)19-17-20-18(27-10-13(23)25-3)21-22(17)15(14)12-8-6-5-7-9-12/h5-9,15H,4,10H2,1-3H3,(H,19,20,21)/t15-/m0/s1. The third-order valence-electron chi connectivity index (χ3n) is 3.99. The molecule has 0 saturated carbocycles. The van der Waals surface area contributed by atoms with E-state index in [-0.39, 0.29) is 18.3 Å². The number of hydrogen-bond acceptors (Lipinski definition) is 8. The quantitative estimate of drug-likeness (QED) is 0.595. The minimum Gasteiger partial charge on any atom is -0.468 e. The molecular formula is C18H20N4O4S. The average molecular weight is 388 g/mol. The number of ether oxygens (including phenoxy) is 2. The normalized spacial score (nSPS) is 15.7. The van der Waals surface area contributed by atoms with Gasteiger partial charge >= 0.3 is 11.9 Å². The summed E-state index contributed by atoms with van der Waals surface area (Å²) < 4.78 is 11.6. The van der Waals surface area contributed by atoms with E-state index >= 15 is 0 Å². The number of esters is 2. The summed E-state index contributed by atoms with van der Waals surface area (Å²) in [6.45, 7) is 3.85. The number of rotatable bonds is 6. The number of nitrogens with one attached hydrogen (secondary N) is 1. The second-order valence-corrected chi connectivity index (χ2v) is 6.67. The summed E-state index contributed by atoms with van der Waals surface area (Å²) in [5.74, 6) is -0.155. The first-order valence-electron chi connectivity index (χ1n) is 8.41. The molecule has 27 heavy (non-hydrogen) atoms. The van der Waals surface area contributed by atoms with Crippen LogP contribution in [0.15, 0.2) is 46.8 Å². The van der Waals surface area contributed by atoms with Gasteiger partial charge in [-0.15, -0.1) is 5.10 Å². The van der Waals surface area contributed by atoms with Crippen molar-refractivity contribution in [3.8, 4) is 0 Å². The molecule has 1 N–H and O–H groups in total. The summed E-state index contributed by atoms with van der Waals surface area (Å²) in [4.78, 5) is 28.4. The lowest BCUT2D eigenvalue weighted by molar-refractivity contribution is -0.139. The first-order chi connectivity index (χ1) is 13.0. The van der Waals surface area contributed by atoms with Crippen LogP contribution in [0.4, 0.5) is 5.95 Å². The number of thioether (sulfide) groups is 1. The Hall–Kier alpha value is -2.81. The molecule has 1 atom stereocenters. The third-order valence-corrected chi connectivity index (χ3v) is 4.80. The van der Waals surface area contributed by atoms with E-state index in [9.17, 15) is 9.59 Å². The van der Waals surface area contributed by atoms with Crippen LogP contribution in [0.1, 0.15) is 25.5 Å². The van der Waals surface area contributed by atoms with Crippen molar-refractivity contribution in [2.75, 3.05) is 24.8 Å². The highest BCUT2D eigenvalue weighted by atomic mass is 32.2. The van der Waals surface area contributed by atoms with Gasteiger partial charge in [-0.2, -0.15) is 4.98 Å². The van der Waals surface area contributed by atoms with Crippen LogP contribution < -0.4 is 5.32 Å². The Morgan fingerprint density at radius 3 is 2.70 bits per heavy atom. The molecule has 0 bridgehead atoms. The second kappa shape index (κ2) is 8.26. The van der Waals surface area contributed by atoms with E-state index < -0.39 is 12.0 Å². The molecular weight excluding hydrogens is 368 g/mol. The number of carbonyl (C=O) groups excluding carboxylic acids is 2. The fraction of sp³-hybridized carbons (Fsp3) is 0.333. The average Bonchev–Trinajstić information content (AvgIpc) is 3.08. The topological polar surface area (TPSA) is 95.3 Å². The molecule has 0 amide bonds. The number of hydrogen-bond donors (Lipinski definition) is 1. The Morgan fingerprint density at radius 2 is 2.04 bits per heavy atom. The van der Waals surface area contributed by atoms with Crippen LogP contribution in [0, 0.1) is 0 Å². The zero-order valence-electron chi connectivity index (χ0n) is 15.3. The van der Waals surface area contributed by atoms with Crippen molar-refractivity contribution in [1.29, 1.82) is 0 Å². The van der Waals surface area contributed by atoms with Crippen LogP contribution in [0.3, 0.4) is 0 Å². The summed E-state index contributed by atoms with van der Waals surface area (Å²) in [5.41, 5.74) is 2.02. The predicted octanol–water partition coefficient (Wildman–Crippen LogP) is 2.40. The van der Waals surface area contributed by atoms with Crippen molar-refractivity contribution in [3.63, 3.8) is 0 Å². The van der Waals surface area contributed by atoms with Crippen LogP contribution in [-0.4, -0.2) is 46.2 Å². The predicted molar refractivity (Wildman–Crippen MR) is 100 cm³/mol. The first kappa shape index (κ1) is 19.0. The molecule has 0 aliphatic carbocycles. The van der Waals surface area contributed by atoms with Crippen LogP contribution in [-0.2, 0) is 19.1 Å². The number of aromatic nitrogens is 3. The number of allylic oxidation sites excluding steroid dienone is 1. The minimum atomic E-state index is -0.471. The molecule has 8 nitrogen and oxygen atoms in total. The van der Waals surface area contributed by atoms with Gasteiger partial charge in [0.2, 0.25) is 11.1 Å².